The molecular formula is C13H26N2O3S. The van der Waals surface area contributed by atoms with Crippen molar-refractivity contribution >= 4 is 23.6 Å². The van der Waals surface area contributed by atoms with E-state index in [9.17, 15) is 9.59 Å². The van der Waals surface area contributed by atoms with Crippen LogP contribution in [0.2, 0.25) is 0 Å². The van der Waals surface area contributed by atoms with Crippen LogP contribution >= 0.6 is 11.8 Å². The lowest BCUT2D eigenvalue weighted by molar-refractivity contribution is -0.150. The van der Waals surface area contributed by atoms with Gasteiger partial charge in [0, 0.05) is 7.05 Å². The van der Waals surface area contributed by atoms with E-state index in [1.807, 2.05) is 6.92 Å². The molecule has 5 nitrogen and oxygen atoms in total. The molecule has 6 heteroatoms. The number of thioether (sulfide) groups is 1. The molecule has 112 valence electrons. The monoisotopic (exact) mass is 290 g/mol. The van der Waals surface area contributed by atoms with Crippen LogP contribution in [0.25, 0.3) is 0 Å². The van der Waals surface area contributed by atoms with Crippen molar-refractivity contribution in [3.05, 3.63) is 0 Å². The molecule has 19 heavy (non-hydrogen) atoms. The van der Waals surface area contributed by atoms with Crippen LogP contribution in [0.15, 0.2) is 0 Å². The number of nitrogens with one attached hydrogen (secondary N) is 2. The summed E-state index contributed by atoms with van der Waals surface area (Å²) in [5, 5.41) is 5.82. The minimum atomic E-state index is -0.665. The molecule has 0 saturated heterocycles. The van der Waals surface area contributed by atoms with Crippen molar-refractivity contribution in [2.45, 2.75) is 39.2 Å². The molecule has 0 radical (unpaired) electrons. The number of ether oxygens (including phenoxy) is 1. The Kier molecular flexibility index (Phi) is 9.69. The molecule has 0 aromatic carbocycles. The predicted octanol–water partition coefficient (Wildman–Crippen LogP) is 1.18. The highest BCUT2D eigenvalue weighted by Crippen LogP contribution is 2.16. The average molecular weight is 290 g/mol. The molecule has 0 aromatic heterocycles. The molecule has 0 rings (SSSR count). The molecule has 0 aromatic rings. The van der Waals surface area contributed by atoms with Gasteiger partial charge >= 0.3 is 5.97 Å². The first kappa shape index (κ1) is 18.2. The number of carbonyl (C=O) groups is 2. The number of hydrogen-bond acceptors (Lipinski definition) is 5. The summed E-state index contributed by atoms with van der Waals surface area (Å²) in [7, 11) is 1.62. The summed E-state index contributed by atoms with van der Waals surface area (Å²) in [6, 6.07) is 0. The van der Waals surface area contributed by atoms with Crippen LogP contribution in [0.3, 0.4) is 0 Å². The minimum absolute atomic E-state index is 0.00403. The third-order valence-electron chi connectivity index (χ3n) is 2.75. The zero-order chi connectivity index (χ0) is 14.7. The fraction of sp³-hybridized carbons (Fsp3) is 0.846. The lowest BCUT2D eigenvalue weighted by Gasteiger charge is -2.28. The summed E-state index contributed by atoms with van der Waals surface area (Å²) >= 11 is 1.52. The fourth-order valence-electron chi connectivity index (χ4n) is 1.47. The van der Waals surface area contributed by atoms with E-state index in [1.54, 1.807) is 14.0 Å². The van der Waals surface area contributed by atoms with Gasteiger partial charge in [0.05, 0.1) is 12.4 Å². The Balaban J connectivity index is 4.26. The van der Waals surface area contributed by atoms with E-state index in [1.165, 1.54) is 11.8 Å². The Morgan fingerprint density at radius 3 is 2.53 bits per heavy atom. The molecule has 0 aliphatic carbocycles. The van der Waals surface area contributed by atoms with Gasteiger partial charge in [-0.3, -0.25) is 9.59 Å². The Hall–Kier alpha value is -0.750. The third kappa shape index (κ3) is 7.42. The number of hydrogen-bond donors (Lipinski definition) is 2. The fourth-order valence-corrected chi connectivity index (χ4v) is 2.49. The minimum Gasteiger partial charge on any atom is -0.465 e. The topological polar surface area (TPSA) is 67.4 Å². The van der Waals surface area contributed by atoms with Crippen molar-refractivity contribution in [3.8, 4) is 0 Å². The molecule has 0 heterocycles. The van der Waals surface area contributed by atoms with Crippen molar-refractivity contribution < 1.29 is 14.3 Å². The number of amides is 1. The Bertz CT molecular complexity index is 287. The smallest absolute Gasteiger partial charge is 0.326 e. The molecule has 0 fully saturated rings. The lowest BCUT2D eigenvalue weighted by Crippen LogP contribution is -2.51. The van der Waals surface area contributed by atoms with Gasteiger partial charge in [0.25, 0.3) is 0 Å². The largest absolute Gasteiger partial charge is 0.465 e. The molecule has 2 N–H and O–H groups in total. The summed E-state index contributed by atoms with van der Waals surface area (Å²) in [5.41, 5.74) is -0.665. The summed E-state index contributed by atoms with van der Waals surface area (Å²) in [4.78, 5) is 23.1. The van der Waals surface area contributed by atoms with Gasteiger partial charge in [0.2, 0.25) is 5.91 Å². The summed E-state index contributed by atoms with van der Waals surface area (Å²) in [5.74, 6) is 0.941. The molecule has 1 unspecified atom stereocenters. The van der Waals surface area contributed by atoms with Crippen LogP contribution < -0.4 is 10.6 Å². The van der Waals surface area contributed by atoms with Gasteiger partial charge in [-0.15, -0.1) is 0 Å². The number of esters is 1. The summed E-state index contributed by atoms with van der Waals surface area (Å²) in [6.45, 7) is 6.88. The average Bonchev–Trinajstić information content (AvgIpc) is 2.41. The van der Waals surface area contributed by atoms with Gasteiger partial charge < -0.3 is 15.4 Å². The van der Waals surface area contributed by atoms with Crippen molar-refractivity contribution in [1.82, 2.24) is 10.6 Å². The van der Waals surface area contributed by atoms with Crippen LogP contribution in [0, 0.1) is 0 Å². The van der Waals surface area contributed by atoms with E-state index in [2.05, 4.69) is 17.6 Å². The quantitative estimate of drug-likeness (QED) is 0.467. The Morgan fingerprint density at radius 2 is 2.00 bits per heavy atom. The normalized spacial score (nSPS) is 13.7. The van der Waals surface area contributed by atoms with Crippen LogP contribution in [0.4, 0.5) is 0 Å². The van der Waals surface area contributed by atoms with Crippen molar-refractivity contribution in [1.29, 1.82) is 0 Å². The first-order valence-electron chi connectivity index (χ1n) is 6.70. The van der Waals surface area contributed by atoms with Crippen LogP contribution in [0.5, 0.6) is 0 Å². The molecule has 0 bridgehead atoms. The van der Waals surface area contributed by atoms with Crippen molar-refractivity contribution in [3.63, 3.8) is 0 Å². The van der Waals surface area contributed by atoms with E-state index in [0.29, 0.717) is 18.8 Å². The number of carbonyl (C=O) groups excluding carboxylic acids is 2. The van der Waals surface area contributed by atoms with Gasteiger partial charge in [-0.1, -0.05) is 6.92 Å². The second-order valence-electron chi connectivity index (χ2n) is 4.46. The van der Waals surface area contributed by atoms with Crippen LogP contribution in [-0.4, -0.2) is 49.1 Å². The second-order valence-corrected chi connectivity index (χ2v) is 5.56. The maximum atomic E-state index is 12.0. The highest BCUT2D eigenvalue weighted by Gasteiger charge is 2.33. The second kappa shape index (κ2) is 10.1. The van der Waals surface area contributed by atoms with E-state index in [4.69, 9.17) is 4.74 Å². The maximum Gasteiger partial charge on any atom is 0.326 e. The van der Waals surface area contributed by atoms with Gasteiger partial charge in [0.15, 0.2) is 0 Å². The van der Waals surface area contributed by atoms with E-state index in [0.717, 1.165) is 18.7 Å². The predicted molar refractivity (Wildman–Crippen MR) is 79.3 cm³/mol. The van der Waals surface area contributed by atoms with Crippen molar-refractivity contribution in [2.75, 3.05) is 31.7 Å². The Labute approximate surface area is 120 Å². The number of rotatable bonds is 10. The SMILES string of the molecule is CCCNC(C)(CCSCC(=O)NC)C(=O)OCC. The first-order valence-corrected chi connectivity index (χ1v) is 7.86. The molecule has 0 spiro atoms. The zero-order valence-corrected chi connectivity index (χ0v) is 13.2. The molecule has 0 saturated carbocycles. The molecule has 1 amide bonds. The van der Waals surface area contributed by atoms with Gasteiger partial charge in [-0.25, -0.2) is 0 Å². The maximum absolute atomic E-state index is 12.0. The summed E-state index contributed by atoms with van der Waals surface area (Å²) in [6.07, 6.45) is 1.61. The van der Waals surface area contributed by atoms with Crippen molar-refractivity contribution in [2.24, 2.45) is 0 Å². The highest BCUT2D eigenvalue weighted by atomic mass is 32.2. The van der Waals surface area contributed by atoms with Crippen LogP contribution in [0.1, 0.15) is 33.6 Å². The van der Waals surface area contributed by atoms with E-state index < -0.39 is 5.54 Å². The van der Waals surface area contributed by atoms with E-state index in [-0.39, 0.29) is 11.9 Å². The highest BCUT2D eigenvalue weighted by molar-refractivity contribution is 7.99. The summed E-state index contributed by atoms with van der Waals surface area (Å²) < 4.78 is 5.11. The first-order chi connectivity index (χ1) is 9.00. The molecule has 0 aliphatic rings. The van der Waals surface area contributed by atoms with Crippen LogP contribution in [-0.2, 0) is 14.3 Å². The van der Waals surface area contributed by atoms with Gasteiger partial charge in [0.1, 0.15) is 5.54 Å². The zero-order valence-electron chi connectivity index (χ0n) is 12.4. The van der Waals surface area contributed by atoms with Gasteiger partial charge in [-0.2, -0.15) is 11.8 Å². The lowest BCUT2D eigenvalue weighted by atomic mass is 9.99. The standard InChI is InChI=1S/C13H26N2O3S/c1-5-8-15-13(3,12(17)18-6-2)7-9-19-10-11(16)14-4/h15H,5-10H2,1-4H3,(H,14,16). The molecule has 1 atom stereocenters. The molecular weight excluding hydrogens is 264 g/mol. The Morgan fingerprint density at radius 1 is 1.32 bits per heavy atom. The molecule has 0 aliphatic heterocycles. The van der Waals surface area contributed by atoms with E-state index >= 15 is 0 Å². The third-order valence-corrected chi connectivity index (χ3v) is 3.71. The van der Waals surface area contributed by atoms with Gasteiger partial charge in [-0.05, 0) is 39.0 Å².